The summed E-state index contributed by atoms with van der Waals surface area (Å²) in [5.74, 6) is 0.949. The van der Waals surface area contributed by atoms with Crippen molar-refractivity contribution in [1.82, 2.24) is 19.6 Å². The van der Waals surface area contributed by atoms with Gasteiger partial charge in [-0.15, -0.1) is 0 Å². The van der Waals surface area contributed by atoms with Crippen molar-refractivity contribution in [3.05, 3.63) is 46.3 Å². The lowest BCUT2D eigenvalue weighted by Gasteiger charge is -2.41. The van der Waals surface area contributed by atoms with Gasteiger partial charge in [-0.25, -0.2) is 0 Å². The quantitative estimate of drug-likeness (QED) is 0.792. The van der Waals surface area contributed by atoms with E-state index in [1.54, 1.807) is 7.11 Å². The minimum absolute atomic E-state index is 0.224. The van der Waals surface area contributed by atoms with Crippen LogP contribution in [-0.4, -0.2) is 64.1 Å². The molecule has 1 aliphatic heterocycles. The maximum absolute atomic E-state index is 9.62. The molecule has 2 aromatic rings. The predicted octanol–water partition coefficient (Wildman–Crippen LogP) is 2.42. The fraction of sp³-hybridized carbons (Fsp3) is 0.591. The maximum atomic E-state index is 9.62. The zero-order valence-electron chi connectivity index (χ0n) is 17.9. The van der Waals surface area contributed by atoms with Gasteiger partial charge in [0, 0.05) is 64.2 Å². The summed E-state index contributed by atoms with van der Waals surface area (Å²) in [4.78, 5) is 5.02. The lowest BCUT2D eigenvalue weighted by Crippen LogP contribution is -2.52. The van der Waals surface area contributed by atoms with E-state index in [1.807, 2.05) is 11.7 Å². The summed E-state index contributed by atoms with van der Waals surface area (Å²) < 4.78 is 7.34. The van der Waals surface area contributed by atoms with Gasteiger partial charge in [0.1, 0.15) is 5.75 Å². The number of aryl methyl sites for hydroxylation is 2. The normalized spacial score (nSPS) is 18.6. The van der Waals surface area contributed by atoms with Gasteiger partial charge >= 0.3 is 0 Å². The first kappa shape index (κ1) is 20.8. The molecule has 1 aromatic carbocycles. The Labute approximate surface area is 168 Å². The van der Waals surface area contributed by atoms with Gasteiger partial charge in [0.2, 0.25) is 0 Å². The summed E-state index contributed by atoms with van der Waals surface area (Å²) in [6.45, 7) is 11.5. The number of aliphatic hydroxyl groups excluding tert-OH is 1. The van der Waals surface area contributed by atoms with Crippen LogP contribution < -0.4 is 4.74 Å². The molecule has 6 heteroatoms. The van der Waals surface area contributed by atoms with Gasteiger partial charge in [0.15, 0.2) is 0 Å². The third-order valence-electron chi connectivity index (χ3n) is 6.10. The lowest BCUT2D eigenvalue weighted by atomic mass is 10.00. The van der Waals surface area contributed by atoms with Crippen LogP contribution in [0, 0.1) is 20.8 Å². The second kappa shape index (κ2) is 9.07. The van der Waals surface area contributed by atoms with Crippen LogP contribution in [0.3, 0.4) is 0 Å². The summed E-state index contributed by atoms with van der Waals surface area (Å²) in [6.07, 6.45) is 2.92. The molecule has 0 spiro atoms. The van der Waals surface area contributed by atoms with E-state index in [-0.39, 0.29) is 6.61 Å². The van der Waals surface area contributed by atoms with Crippen molar-refractivity contribution < 1.29 is 9.84 Å². The average Bonchev–Trinajstić information content (AvgIpc) is 2.98. The van der Waals surface area contributed by atoms with Crippen molar-refractivity contribution in [2.45, 2.75) is 46.3 Å². The van der Waals surface area contributed by atoms with Crippen LogP contribution in [0.15, 0.2) is 18.3 Å². The Kier molecular flexibility index (Phi) is 6.75. The Hall–Kier alpha value is -1.89. The molecule has 2 heterocycles. The zero-order valence-corrected chi connectivity index (χ0v) is 17.9. The second-order valence-electron chi connectivity index (χ2n) is 7.96. The lowest BCUT2D eigenvalue weighted by molar-refractivity contribution is 0.0497. The van der Waals surface area contributed by atoms with E-state index in [2.05, 4.69) is 54.0 Å². The molecule has 1 aliphatic rings. The molecular weight excluding hydrogens is 352 g/mol. The highest BCUT2D eigenvalue weighted by molar-refractivity contribution is 5.43. The highest BCUT2D eigenvalue weighted by Gasteiger charge is 2.27. The molecule has 1 fully saturated rings. The van der Waals surface area contributed by atoms with Gasteiger partial charge in [-0.2, -0.15) is 5.10 Å². The number of methoxy groups -OCH3 is 1. The first-order valence-corrected chi connectivity index (χ1v) is 10.1. The Morgan fingerprint density at radius 3 is 2.54 bits per heavy atom. The molecule has 1 atom stereocenters. The summed E-state index contributed by atoms with van der Waals surface area (Å²) in [6, 6.07) is 4.61. The number of piperazine rings is 1. The molecule has 0 saturated carbocycles. The topological polar surface area (TPSA) is 53.8 Å². The standard InChI is InChI=1S/C22H34N4O2/c1-16-17(2)22(28-5)7-6-19(16)14-26-10-9-25(15-21(26)8-11-27)13-20-12-24(4)23-18(20)3/h6-7,12,21,27H,8-11,13-15H2,1-5H3/t21-/m1/s1. The van der Waals surface area contributed by atoms with Crippen LogP contribution in [0.4, 0.5) is 0 Å². The number of benzene rings is 1. The minimum Gasteiger partial charge on any atom is -0.496 e. The van der Waals surface area contributed by atoms with Crippen molar-refractivity contribution in [2.24, 2.45) is 7.05 Å². The van der Waals surface area contributed by atoms with Gasteiger partial charge in [-0.05, 0) is 49.9 Å². The number of aromatic nitrogens is 2. The summed E-state index contributed by atoms with van der Waals surface area (Å²) in [7, 11) is 3.70. The SMILES string of the molecule is COc1ccc(CN2CCN(Cc3cn(C)nc3C)C[C@H]2CCO)c(C)c1C. The van der Waals surface area contributed by atoms with E-state index in [1.165, 1.54) is 22.3 Å². The van der Waals surface area contributed by atoms with Gasteiger partial charge < -0.3 is 9.84 Å². The molecule has 6 nitrogen and oxygen atoms in total. The zero-order chi connectivity index (χ0) is 20.3. The number of nitrogens with zero attached hydrogens (tertiary/aromatic N) is 4. The highest BCUT2D eigenvalue weighted by Crippen LogP contribution is 2.26. The van der Waals surface area contributed by atoms with Gasteiger partial charge in [0.05, 0.1) is 12.8 Å². The van der Waals surface area contributed by atoms with E-state index in [9.17, 15) is 5.11 Å². The monoisotopic (exact) mass is 386 g/mol. The molecule has 1 aromatic heterocycles. The third kappa shape index (κ3) is 4.57. The van der Waals surface area contributed by atoms with Crippen molar-refractivity contribution in [1.29, 1.82) is 0 Å². The first-order chi connectivity index (χ1) is 13.4. The molecule has 3 rings (SSSR count). The largest absolute Gasteiger partial charge is 0.496 e. The van der Waals surface area contributed by atoms with Crippen molar-refractivity contribution in [3.8, 4) is 5.75 Å². The van der Waals surface area contributed by atoms with Crippen LogP contribution in [-0.2, 0) is 20.1 Å². The molecule has 1 N–H and O–H groups in total. The number of aliphatic hydroxyl groups is 1. The first-order valence-electron chi connectivity index (χ1n) is 10.1. The maximum Gasteiger partial charge on any atom is 0.122 e. The Morgan fingerprint density at radius 2 is 1.89 bits per heavy atom. The number of rotatable bonds is 7. The molecular formula is C22H34N4O2. The molecule has 0 aliphatic carbocycles. The van der Waals surface area contributed by atoms with Crippen LogP contribution in [0.25, 0.3) is 0 Å². The number of ether oxygens (including phenoxy) is 1. The van der Waals surface area contributed by atoms with E-state index in [4.69, 9.17) is 4.74 Å². The predicted molar refractivity (Wildman–Crippen MR) is 112 cm³/mol. The van der Waals surface area contributed by atoms with E-state index in [0.29, 0.717) is 6.04 Å². The summed E-state index contributed by atoms with van der Waals surface area (Å²) >= 11 is 0. The molecule has 0 radical (unpaired) electrons. The van der Waals surface area contributed by atoms with Crippen LogP contribution >= 0.6 is 0 Å². The Bertz CT molecular complexity index is 802. The van der Waals surface area contributed by atoms with Crippen molar-refractivity contribution in [3.63, 3.8) is 0 Å². The van der Waals surface area contributed by atoms with Gasteiger partial charge in [-0.1, -0.05) is 6.07 Å². The third-order valence-corrected chi connectivity index (χ3v) is 6.10. The van der Waals surface area contributed by atoms with Gasteiger partial charge in [0.25, 0.3) is 0 Å². The van der Waals surface area contributed by atoms with Crippen LogP contribution in [0.5, 0.6) is 5.75 Å². The summed E-state index contributed by atoms with van der Waals surface area (Å²) in [5, 5.41) is 14.1. The smallest absolute Gasteiger partial charge is 0.122 e. The van der Waals surface area contributed by atoms with Crippen molar-refractivity contribution in [2.75, 3.05) is 33.4 Å². The summed E-state index contributed by atoms with van der Waals surface area (Å²) in [5.41, 5.74) is 6.26. The molecule has 0 bridgehead atoms. The minimum atomic E-state index is 0.224. The molecule has 28 heavy (non-hydrogen) atoms. The molecule has 0 unspecified atom stereocenters. The average molecular weight is 387 g/mol. The number of hydrogen-bond donors (Lipinski definition) is 1. The fourth-order valence-corrected chi connectivity index (χ4v) is 4.24. The highest BCUT2D eigenvalue weighted by atomic mass is 16.5. The Morgan fingerprint density at radius 1 is 1.11 bits per heavy atom. The van der Waals surface area contributed by atoms with E-state index >= 15 is 0 Å². The van der Waals surface area contributed by atoms with E-state index < -0.39 is 0 Å². The van der Waals surface area contributed by atoms with Crippen LogP contribution in [0.2, 0.25) is 0 Å². The molecule has 0 amide bonds. The van der Waals surface area contributed by atoms with E-state index in [0.717, 1.165) is 50.6 Å². The van der Waals surface area contributed by atoms with Gasteiger partial charge in [-0.3, -0.25) is 14.5 Å². The van der Waals surface area contributed by atoms with Crippen LogP contribution in [0.1, 0.15) is 34.4 Å². The molecule has 154 valence electrons. The molecule has 1 saturated heterocycles. The second-order valence-corrected chi connectivity index (χ2v) is 7.96. The van der Waals surface area contributed by atoms with Crippen molar-refractivity contribution >= 4 is 0 Å². The Balaban J connectivity index is 1.69. The number of hydrogen-bond acceptors (Lipinski definition) is 5. The fourth-order valence-electron chi connectivity index (χ4n) is 4.24.